The second-order valence-corrected chi connectivity index (χ2v) is 4.82. The number of hydrogen-bond donors (Lipinski definition) is 2. The molecular weight excluding hydrogens is 216 g/mol. The lowest BCUT2D eigenvalue weighted by Crippen LogP contribution is -2.50. The Morgan fingerprint density at radius 2 is 2.00 bits per heavy atom. The normalized spacial score (nSPS) is 21.2. The predicted molar refractivity (Wildman–Crippen MR) is 69.0 cm³/mol. The maximum Gasteiger partial charge on any atom is 0.222 e. The van der Waals surface area contributed by atoms with E-state index in [0.717, 1.165) is 32.4 Å². The summed E-state index contributed by atoms with van der Waals surface area (Å²) in [4.78, 5) is 12.0. The molecule has 2 N–H and O–H groups in total. The molecule has 0 aromatic rings. The van der Waals surface area contributed by atoms with Gasteiger partial charge in [-0.25, -0.2) is 0 Å². The van der Waals surface area contributed by atoms with Crippen LogP contribution < -0.4 is 10.6 Å². The van der Waals surface area contributed by atoms with Crippen LogP contribution in [0.3, 0.4) is 0 Å². The topological polar surface area (TPSA) is 50.4 Å². The van der Waals surface area contributed by atoms with Crippen molar-refractivity contribution in [1.82, 2.24) is 10.6 Å². The van der Waals surface area contributed by atoms with Gasteiger partial charge in [0.15, 0.2) is 0 Å². The number of carbonyl (C=O) groups excluding carboxylic acids is 1. The van der Waals surface area contributed by atoms with Crippen molar-refractivity contribution in [2.75, 3.05) is 19.8 Å². The number of carbonyl (C=O) groups is 1. The molecule has 1 rings (SSSR count). The smallest absolute Gasteiger partial charge is 0.222 e. The number of rotatable bonds is 6. The van der Waals surface area contributed by atoms with Gasteiger partial charge in [0.2, 0.25) is 5.91 Å². The van der Waals surface area contributed by atoms with E-state index < -0.39 is 0 Å². The third-order valence-electron chi connectivity index (χ3n) is 3.87. The number of amides is 1. The summed E-state index contributed by atoms with van der Waals surface area (Å²) < 4.78 is 5.35. The Kier molecular flexibility index (Phi) is 5.92. The van der Waals surface area contributed by atoms with Crippen LogP contribution in [0.25, 0.3) is 0 Å². The lowest BCUT2D eigenvalue weighted by molar-refractivity contribution is -0.124. The van der Waals surface area contributed by atoms with Crippen LogP contribution in [-0.4, -0.2) is 37.2 Å². The third-order valence-corrected chi connectivity index (χ3v) is 3.87. The highest BCUT2D eigenvalue weighted by molar-refractivity contribution is 5.77. The number of ether oxygens (including phenoxy) is 1. The first-order valence-electron chi connectivity index (χ1n) is 6.78. The van der Waals surface area contributed by atoms with E-state index in [1.54, 1.807) is 0 Å². The first-order valence-corrected chi connectivity index (χ1v) is 6.78. The largest absolute Gasteiger partial charge is 0.378 e. The Labute approximate surface area is 104 Å². The maximum atomic E-state index is 12.0. The van der Waals surface area contributed by atoms with E-state index in [0.29, 0.717) is 13.0 Å². The fraction of sp³-hybridized carbons (Fsp3) is 0.923. The van der Waals surface area contributed by atoms with Crippen LogP contribution in [0, 0.1) is 0 Å². The van der Waals surface area contributed by atoms with Crippen LogP contribution in [0.2, 0.25) is 0 Å². The highest BCUT2D eigenvalue weighted by Crippen LogP contribution is 2.19. The van der Waals surface area contributed by atoms with Gasteiger partial charge in [0, 0.05) is 24.5 Å². The predicted octanol–water partition coefficient (Wildman–Crippen LogP) is 1.45. The van der Waals surface area contributed by atoms with Gasteiger partial charge in [-0.1, -0.05) is 20.8 Å². The molecule has 0 spiro atoms. The average Bonchev–Trinajstić information content (AvgIpc) is 2.37. The fourth-order valence-corrected chi connectivity index (χ4v) is 2.34. The lowest BCUT2D eigenvalue weighted by Gasteiger charge is -2.33. The Bertz CT molecular complexity index is 225. The van der Waals surface area contributed by atoms with Gasteiger partial charge in [-0.2, -0.15) is 0 Å². The zero-order chi connectivity index (χ0) is 12.7. The van der Waals surface area contributed by atoms with Crippen molar-refractivity contribution in [3.63, 3.8) is 0 Å². The summed E-state index contributed by atoms with van der Waals surface area (Å²) in [6.45, 7) is 8.64. The molecule has 0 radical (unpaired) electrons. The molecule has 1 saturated heterocycles. The highest BCUT2D eigenvalue weighted by atomic mass is 16.5. The molecule has 0 bridgehead atoms. The number of morpholine rings is 1. The Morgan fingerprint density at radius 3 is 2.47 bits per heavy atom. The van der Waals surface area contributed by atoms with Crippen LogP contribution in [0.5, 0.6) is 0 Å². The van der Waals surface area contributed by atoms with Crippen molar-refractivity contribution in [1.29, 1.82) is 0 Å². The lowest BCUT2D eigenvalue weighted by atomic mass is 9.89. The molecule has 0 saturated carbocycles. The summed E-state index contributed by atoms with van der Waals surface area (Å²) in [7, 11) is 0. The van der Waals surface area contributed by atoms with Crippen LogP contribution >= 0.6 is 0 Å². The zero-order valence-corrected chi connectivity index (χ0v) is 11.3. The van der Waals surface area contributed by atoms with Crippen molar-refractivity contribution in [2.45, 2.75) is 58.0 Å². The van der Waals surface area contributed by atoms with E-state index in [4.69, 9.17) is 4.74 Å². The van der Waals surface area contributed by atoms with E-state index in [2.05, 4.69) is 31.4 Å². The van der Waals surface area contributed by atoms with Crippen molar-refractivity contribution in [3.05, 3.63) is 0 Å². The molecule has 1 aliphatic heterocycles. The Balaban J connectivity index is 2.41. The molecule has 100 valence electrons. The molecule has 1 atom stereocenters. The van der Waals surface area contributed by atoms with Gasteiger partial charge in [0.1, 0.15) is 0 Å². The van der Waals surface area contributed by atoms with Crippen molar-refractivity contribution in [3.8, 4) is 0 Å². The SMILES string of the molecule is CCC(CC)(CC)NC(=O)CC1COCCN1. The van der Waals surface area contributed by atoms with Crippen LogP contribution in [0.4, 0.5) is 0 Å². The first-order chi connectivity index (χ1) is 8.15. The van der Waals surface area contributed by atoms with Crippen molar-refractivity contribution in [2.24, 2.45) is 0 Å². The standard InChI is InChI=1S/C13H26N2O2/c1-4-13(5-2,6-3)15-12(16)9-11-10-17-8-7-14-11/h11,14H,4-10H2,1-3H3,(H,15,16). The van der Waals surface area contributed by atoms with Gasteiger partial charge in [-0.15, -0.1) is 0 Å². The molecule has 0 aromatic carbocycles. The zero-order valence-electron chi connectivity index (χ0n) is 11.3. The molecule has 1 heterocycles. The van der Waals surface area contributed by atoms with E-state index in [9.17, 15) is 4.79 Å². The summed E-state index contributed by atoms with van der Waals surface area (Å²) in [6, 6.07) is 0.173. The van der Waals surface area contributed by atoms with Gasteiger partial charge < -0.3 is 15.4 Å². The van der Waals surface area contributed by atoms with Crippen molar-refractivity contribution >= 4 is 5.91 Å². The minimum Gasteiger partial charge on any atom is -0.378 e. The minimum atomic E-state index is -0.0212. The summed E-state index contributed by atoms with van der Waals surface area (Å²) in [6.07, 6.45) is 3.47. The molecule has 0 aromatic heterocycles. The maximum absolute atomic E-state index is 12.0. The van der Waals surface area contributed by atoms with Gasteiger partial charge in [0.25, 0.3) is 0 Å². The number of nitrogens with one attached hydrogen (secondary N) is 2. The molecule has 1 fully saturated rings. The Hall–Kier alpha value is -0.610. The van der Waals surface area contributed by atoms with Gasteiger partial charge in [-0.3, -0.25) is 4.79 Å². The second-order valence-electron chi connectivity index (χ2n) is 4.82. The van der Waals surface area contributed by atoms with Crippen LogP contribution in [0.1, 0.15) is 46.5 Å². The van der Waals surface area contributed by atoms with Gasteiger partial charge >= 0.3 is 0 Å². The minimum absolute atomic E-state index is 0.0212. The highest BCUT2D eigenvalue weighted by Gasteiger charge is 2.27. The third kappa shape index (κ3) is 4.28. The summed E-state index contributed by atoms with van der Waals surface area (Å²) in [5.41, 5.74) is -0.0212. The summed E-state index contributed by atoms with van der Waals surface area (Å²) in [5.74, 6) is 0.138. The Morgan fingerprint density at radius 1 is 1.35 bits per heavy atom. The quantitative estimate of drug-likeness (QED) is 0.741. The van der Waals surface area contributed by atoms with Gasteiger partial charge in [0.05, 0.1) is 13.2 Å². The van der Waals surface area contributed by atoms with Crippen LogP contribution in [-0.2, 0) is 9.53 Å². The second kappa shape index (κ2) is 6.97. The molecular formula is C13H26N2O2. The molecule has 4 heteroatoms. The fourth-order valence-electron chi connectivity index (χ4n) is 2.34. The first kappa shape index (κ1) is 14.5. The molecule has 17 heavy (non-hydrogen) atoms. The molecule has 1 unspecified atom stereocenters. The molecule has 1 amide bonds. The molecule has 1 aliphatic rings. The van der Waals surface area contributed by atoms with E-state index in [-0.39, 0.29) is 17.5 Å². The van der Waals surface area contributed by atoms with E-state index in [1.807, 2.05) is 0 Å². The summed E-state index contributed by atoms with van der Waals surface area (Å²) >= 11 is 0. The molecule has 0 aliphatic carbocycles. The molecule has 4 nitrogen and oxygen atoms in total. The van der Waals surface area contributed by atoms with E-state index >= 15 is 0 Å². The van der Waals surface area contributed by atoms with Crippen LogP contribution in [0.15, 0.2) is 0 Å². The van der Waals surface area contributed by atoms with Crippen molar-refractivity contribution < 1.29 is 9.53 Å². The van der Waals surface area contributed by atoms with E-state index in [1.165, 1.54) is 0 Å². The number of hydrogen-bond acceptors (Lipinski definition) is 3. The summed E-state index contributed by atoms with van der Waals surface area (Å²) in [5, 5.41) is 6.50. The monoisotopic (exact) mass is 242 g/mol. The van der Waals surface area contributed by atoms with Gasteiger partial charge in [-0.05, 0) is 19.3 Å². The average molecular weight is 242 g/mol.